The molecule has 0 bridgehead atoms. The lowest BCUT2D eigenvalue weighted by atomic mass is 9.91. The Morgan fingerprint density at radius 2 is 1.89 bits per heavy atom. The number of hydrogen-bond acceptors (Lipinski definition) is 3. The van der Waals surface area contributed by atoms with Crippen molar-refractivity contribution < 1.29 is 4.74 Å². The highest BCUT2D eigenvalue weighted by molar-refractivity contribution is 6.30. The van der Waals surface area contributed by atoms with E-state index in [1.807, 2.05) is 24.3 Å². The molecular weight excluding hydrogens is 368 g/mol. The fraction of sp³-hybridized carbons (Fsp3) is 0.333. The van der Waals surface area contributed by atoms with Gasteiger partial charge in [-0.2, -0.15) is 5.26 Å². The van der Waals surface area contributed by atoms with E-state index in [1.165, 1.54) is 12.8 Å². The SMILES string of the molecule is N#Cc1c(C2=CC=C(OCc3ccccc3)CC2)cc(C2CCCC2)nc1Cl. The van der Waals surface area contributed by atoms with Crippen molar-refractivity contribution in [2.45, 2.75) is 51.0 Å². The molecule has 2 aliphatic rings. The van der Waals surface area contributed by atoms with Crippen LogP contribution in [0.1, 0.15) is 66.8 Å². The van der Waals surface area contributed by atoms with Crippen LogP contribution in [-0.4, -0.2) is 4.98 Å². The first-order chi connectivity index (χ1) is 13.7. The van der Waals surface area contributed by atoms with Crippen molar-refractivity contribution in [1.82, 2.24) is 4.98 Å². The van der Waals surface area contributed by atoms with Crippen LogP contribution < -0.4 is 0 Å². The minimum atomic E-state index is 0.331. The number of rotatable bonds is 5. The van der Waals surface area contributed by atoms with Crippen LogP contribution in [0, 0.1) is 11.3 Å². The zero-order valence-electron chi connectivity index (χ0n) is 15.8. The van der Waals surface area contributed by atoms with Gasteiger partial charge in [-0.25, -0.2) is 4.98 Å². The lowest BCUT2D eigenvalue weighted by molar-refractivity contribution is 0.189. The van der Waals surface area contributed by atoms with Gasteiger partial charge in [0, 0.05) is 23.6 Å². The molecule has 4 heteroatoms. The minimum Gasteiger partial charge on any atom is -0.493 e. The Labute approximate surface area is 171 Å². The summed E-state index contributed by atoms with van der Waals surface area (Å²) in [5, 5.41) is 9.94. The molecular formula is C24H23ClN2O. The van der Waals surface area contributed by atoms with Crippen molar-refractivity contribution in [3.8, 4) is 6.07 Å². The van der Waals surface area contributed by atoms with Crippen molar-refractivity contribution in [2.24, 2.45) is 0 Å². The number of pyridine rings is 1. The van der Waals surface area contributed by atoms with Crippen LogP contribution in [0.4, 0.5) is 0 Å². The van der Waals surface area contributed by atoms with Crippen molar-refractivity contribution in [2.75, 3.05) is 0 Å². The third-order valence-corrected chi connectivity index (χ3v) is 5.88. The molecule has 4 rings (SSSR count). The van der Waals surface area contributed by atoms with Crippen molar-refractivity contribution in [1.29, 1.82) is 5.26 Å². The van der Waals surface area contributed by atoms with Crippen LogP contribution in [0.3, 0.4) is 0 Å². The molecule has 1 heterocycles. The van der Waals surface area contributed by atoms with Crippen LogP contribution in [0.15, 0.2) is 54.3 Å². The summed E-state index contributed by atoms with van der Waals surface area (Å²) in [7, 11) is 0. The molecule has 0 aliphatic heterocycles. The Morgan fingerprint density at radius 3 is 2.57 bits per heavy atom. The maximum Gasteiger partial charge on any atom is 0.147 e. The lowest BCUT2D eigenvalue weighted by Crippen LogP contribution is -2.04. The van der Waals surface area contributed by atoms with Crippen molar-refractivity contribution >= 4 is 17.2 Å². The van der Waals surface area contributed by atoms with Gasteiger partial charge in [-0.15, -0.1) is 0 Å². The molecule has 0 N–H and O–H groups in total. The molecule has 142 valence electrons. The Bertz CT molecular complexity index is 951. The third kappa shape index (κ3) is 4.13. The molecule has 0 saturated heterocycles. The lowest BCUT2D eigenvalue weighted by Gasteiger charge is -2.19. The summed E-state index contributed by atoms with van der Waals surface area (Å²) in [4.78, 5) is 4.54. The predicted octanol–water partition coefficient (Wildman–Crippen LogP) is 6.54. The molecule has 0 atom stereocenters. The highest BCUT2D eigenvalue weighted by atomic mass is 35.5. The van der Waals surface area contributed by atoms with Gasteiger partial charge in [0.25, 0.3) is 0 Å². The summed E-state index contributed by atoms with van der Waals surface area (Å²) >= 11 is 6.38. The fourth-order valence-electron chi connectivity index (χ4n) is 4.04. The molecule has 3 nitrogen and oxygen atoms in total. The first-order valence-electron chi connectivity index (χ1n) is 9.92. The second kappa shape index (κ2) is 8.63. The zero-order chi connectivity index (χ0) is 19.3. The Morgan fingerprint density at radius 1 is 1.11 bits per heavy atom. The summed E-state index contributed by atoms with van der Waals surface area (Å²) in [5.41, 5.74) is 4.74. The fourth-order valence-corrected chi connectivity index (χ4v) is 4.28. The van der Waals surface area contributed by atoms with Gasteiger partial charge in [-0.3, -0.25) is 0 Å². The highest BCUT2D eigenvalue weighted by Gasteiger charge is 2.23. The van der Waals surface area contributed by atoms with Crippen LogP contribution in [0.2, 0.25) is 5.15 Å². The maximum absolute atomic E-state index is 9.61. The van der Waals surface area contributed by atoms with Gasteiger partial charge in [-0.1, -0.05) is 60.9 Å². The number of hydrogen-bond donors (Lipinski definition) is 0. The van der Waals surface area contributed by atoms with E-state index in [0.29, 0.717) is 23.2 Å². The number of nitriles is 1. The smallest absolute Gasteiger partial charge is 0.147 e. The monoisotopic (exact) mass is 390 g/mol. The number of aromatic nitrogens is 1. The number of ether oxygens (including phenoxy) is 1. The molecule has 2 aromatic rings. The number of allylic oxidation sites excluding steroid dienone is 4. The Hall–Kier alpha value is -2.57. The molecule has 1 aromatic heterocycles. The molecule has 1 saturated carbocycles. The first kappa shape index (κ1) is 18.8. The Balaban J connectivity index is 1.56. The van der Waals surface area contributed by atoms with Gasteiger partial charge in [0.1, 0.15) is 17.8 Å². The average molecular weight is 391 g/mol. The van der Waals surface area contributed by atoms with Gasteiger partial charge < -0.3 is 4.74 Å². The molecule has 0 unspecified atom stereocenters. The van der Waals surface area contributed by atoms with Gasteiger partial charge in [-0.05, 0) is 42.5 Å². The van der Waals surface area contributed by atoms with Gasteiger partial charge in [0.05, 0.1) is 11.3 Å². The molecule has 2 aliphatic carbocycles. The normalized spacial score (nSPS) is 17.0. The maximum atomic E-state index is 9.61. The second-order valence-electron chi connectivity index (χ2n) is 7.45. The summed E-state index contributed by atoms with van der Waals surface area (Å²) in [5.74, 6) is 1.44. The van der Waals surface area contributed by atoms with E-state index in [9.17, 15) is 5.26 Å². The summed E-state index contributed by atoms with van der Waals surface area (Å²) in [6, 6.07) is 14.5. The summed E-state index contributed by atoms with van der Waals surface area (Å²) in [6.45, 7) is 0.576. The quantitative estimate of drug-likeness (QED) is 0.544. The zero-order valence-corrected chi connectivity index (χ0v) is 16.6. The van der Waals surface area contributed by atoms with Gasteiger partial charge in [0.15, 0.2) is 0 Å². The topological polar surface area (TPSA) is 45.9 Å². The predicted molar refractivity (Wildman–Crippen MR) is 112 cm³/mol. The molecule has 1 aromatic carbocycles. The van der Waals surface area contributed by atoms with Gasteiger partial charge >= 0.3 is 0 Å². The molecule has 0 radical (unpaired) electrons. The number of nitrogens with zero attached hydrogens (tertiary/aromatic N) is 2. The summed E-state index contributed by atoms with van der Waals surface area (Å²) in [6.07, 6.45) is 10.5. The van der Waals surface area contributed by atoms with E-state index in [2.05, 4.69) is 35.3 Å². The van der Waals surface area contributed by atoms with E-state index < -0.39 is 0 Å². The van der Waals surface area contributed by atoms with E-state index in [-0.39, 0.29) is 0 Å². The van der Waals surface area contributed by atoms with Crippen LogP contribution in [0.25, 0.3) is 5.57 Å². The largest absolute Gasteiger partial charge is 0.493 e. The minimum absolute atomic E-state index is 0.331. The van der Waals surface area contributed by atoms with E-state index in [0.717, 1.165) is 53.8 Å². The second-order valence-corrected chi connectivity index (χ2v) is 7.81. The van der Waals surface area contributed by atoms with E-state index >= 15 is 0 Å². The Kier molecular flexibility index (Phi) is 5.78. The molecule has 28 heavy (non-hydrogen) atoms. The van der Waals surface area contributed by atoms with Crippen LogP contribution >= 0.6 is 11.6 Å². The summed E-state index contributed by atoms with van der Waals surface area (Å²) < 4.78 is 5.95. The number of benzene rings is 1. The molecule has 0 amide bonds. The number of halogens is 1. The molecule has 1 fully saturated rings. The van der Waals surface area contributed by atoms with Crippen molar-refractivity contribution in [3.63, 3.8) is 0 Å². The van der Waals surface area contributed by atoms with Crippen molar-refractivity contribution in [3.05, 3.63) is 81.8 Å². The standard InChI is InChI=1S/C24H23ClN2O/c25-24-22(15-26)21(14-23(27-24)19-8-4-5-9-19)18-10-12-20(13-11-18)28-16-17-6-2-1-3-7-17/h1-3,6-7,10,12,14,19H,4-5,8-9,11,13,16H2. The molecule has 0 spiro atoms. The third-order valence-electron chi connectivity index (χ3n) is 5.60. The highest BCUT2D eigenvalue weighted by Crippen LogP contribution is 2.38. The average Bonchev–Trinajstić information content (AvgIpc) is 3.28. The van der Waals surface area contributed by atoms with E-state index in [1.54, 1.807) is 0 Å². The van der Waals surface area contributed by atoms with Gasteiger partial charge in [0.2, 0.25) is 0 Å². The van der Waals surface area contributed by atoms with Crippen LogP contribution in [-0.2, 0) is 11.3 Å². The van der Waals surface area contributed by atoms with Crippen LogP contribution in [0.5, 0.6) is 0 Å². The first-order valence-corrected chi connectivity index (χ1v) is 10.3. The van der Waals surface area contributed by atoms with E-state index in [4.69, 9.17) is 16.3 Å².